The first-order valence-corrected chi connectivity index (χ1v) is 9.99. The molecule has 0 saturated carbocycles. The number of unbranched alkanes of at least 4 members (excludes halogenated alkanes) is 4. The normalized spacial score (nSPS) is 10.5. The van der Waals surface area contributed by atoms with Gasteiger partial charge in [-0.15, -0.1) is 0 Å². The molecule has 0 saturated heterocycles. The monoisotopic (exact) mass is 385 g/mol. The lowest BCUT2D eigenvalue weighted by Crippen LogP contribution is -2.12. The van der Waals surface area contributed by atoms with Crippen LogP contribution in [0.4, 0.5) is 5.69 Å². The van der Waals surface area contributed by atoms with Crippen LogP contribution in [0.1, 0.15) is 49.4 Å². The number of benzene rings is 2. The molecule has 0 heterocycles. The molecule has 2 rings (SSSR count). The minimum absolute atomic E-state index is 0.167. The third-order valence-corrected chi connectivity index (χ3v) is 4.28. The third-order valence-electron chi connectivity index (χ3n) is 4.28. The average Bonchev–Trinajstić information content (AvgIpc) is 2.71. The van der Waals surface area contributed by atoms with Gasteiger partial charge in [-0.3, -0.25) is 4.79 Å². The van der Waals surface area contributed by atoms with E-state index in [9.17, 15) is 4.79 Å². The van der Waals surface area contributed by atoms with E-state index in [2.05, 4.69) is 12.2 Å². The molecule has 0 aliphatic rings. The largest absolute Gasteiger partial charge is 0.494 e. The van der Waals surface area contributed by atoms with E-state index in [1.165, 1.54) is 25.7 Å². The predicted molar refractivity (Wildman–Crippen MR) is 112 cm³/mol. The van der Waals surface area contributed by atoms with Gasteiger partial charge in [0, 0.05) is 24.4 Å². The molecule has 5 nitrogen and oxygen atoms in total. The first-order valence-electron chi connectivity index (χ1n) is 9.99. The number of carbonyl (C=O) groups is 1. The van der Waals surface area contributed by atoms with Gasteiger partial charge >= 0.3 is 0 Å². The minimum atomic E-state index is -0.167. The second-order valence-electron chi connectivity index (χ2n) is 6.61. The van der Waals surface area contributed by atoms with Gasteiger partial charge in [0.2, 0.25) is 0 Å². The molecule has 1 N–H and O–H groups in total. The fourth-order valence-corrected chi connectivity index (χ4v) is 2.71. The topological polar surface area (TPSA) is 56.8 Å². The number of nitrogens with one attached hydrogen (secondary N) is 1. The predicted octanol–water partition coefficient (Wildman–Crippen LogP) is 5.31. The standard InChI is InChI=1S/C23H31NO4/c1-3-4-5-6-7-15-27-22-10-8-9-20(18-22)24-23(25)19-11-13-21(14-12-19)28-17-16-26-2/h8-14,18H,3-7,15-17H2,1-2H3,(H,24,25). The van der Waals surface area contributed by atoms with Crippen molar-refractivity contribution in [1.82, 2.24) is 0 Å². The molecule has 0 aliphatic heterocycles. The van der Waals surface area contributed by atoms with E-state index in [0.717, 1.165) is 12.2 Å². The number of hydrogen-bond acceptors (Lipinski definition) is 4. The summed E-state index contributed by atoms with van der Waals surface area (Å²) in [5.74, 6) is 1.32. The number of hydrogen-bond donors (Lipinski definition) is 1. The Kier molecular flexibility index (Phi) is 9.94. The van der Waals surface area contributed by atoms with Crippen LogP contribution >= 0.6 is 0 Å². The number of anilines is 1. The number of ether oxygens (including phenoxy) is 3. The Morgan fingerprint density at radius 2 is 1.61 bits per heavy atom. The minimum Gasteiger partial charge on any atom is -0.494 e. The van der Waals surface area contributed by atoms with Crippen molar-refractivity contribution in [3.05, 3.63) is 54.1 Å². The maximum absolute atomic E-state index is 12.4. The second kappa shape index (κ2) is 12.8. The van der Waals surface area contributed by atoms with Gasteiger partial charge in [-0.1, -0.05) is 38.7 Å². The highest BCUT2D eigenvalue weighted by Crippen LogP contribution is 2.19. The lowest BCUT2D eigenvalue weighted by molar-refractivity contribution is 0.102. The van der Waals surface area contributed by atoms with Crippen LogP contribution in [-0.2, 0) is 4.74 Å². The molecule has 0 fully saturated rings. The molecule has 152 valence electrons. The molecule has 0 spiro atoms. The van der Waals surface area contributed by atoms with Gasteiger partial charge in [-0.25, -0.2) is 0 Å². The summed E-state index contributed by atoms with van der Waals surface area (Å²) in [5, 5.41) is 2.91. The summed E-state index contributed by atoms with van der Waals surface area (Å²) in [5.41, 5.74) is 1.29. The van der Waals surface area contributed by atoms with Gasteiger partial charge in [0.25, 0.3) is 5.91 Å². The van der Waals surface area contributed by atoms with Crippen LogP contribution in [0.5, 0.6) is 11.5 Å². The van der Waals surface area contributed by atoms with E-state index < -0.39 is 0 Å². The molecule has 0 unspecified atom stereocenters. The molecule has 28 heavy (non-hydrogen) atoms. The van der Waals surface area contributed by atoms with Crippen molar-refractivity contribution in [3.8, 4) is 11.5 Å². The molecule has 0 atom stereocenters. The fraction of sp³-hybridized carbons (Fsp3) is 0.435. The Hall–Kier alpha value is -2.53. The molecule has 2 aromatic rings. The maximum atomic E-state index is 12.4. The summed E-state index contributed by atoms with van der Waals surface area (Å²) < 4.78 is 16.3. The Morgan fingerprint density at radius 1 is 0.857 bits per heavy atom. The lowest BCUT2D eigenvalue weighted by Gasteiger charge is -2.10. The van der Waals surface area contributed by atoms with Crippen molar-refractivity contribution in [2.75, 3.05) is 32.2 Å². The van der Waals surface area contributed by atoms with Gasteiger partial charge in [0.05, 0.1) is 13.2 Å². The lowest BCUT2D eigenvalue weighted by atomic mass is 10.2. The molecule has 0 radical (unpaired) electrons. The van der Waals surface area contributed by atoms with Gasteiger partial charge in [-0.05, 0) is 42.8 Å². The Labute approximate surface area is 168 Å². The van der Waals surface area contributed by atoms with Gasteiger partial charge in [0.15, 0.2) is 0 Å². The van der Waals surface area contributed by atoms with Gasteiger partial charge in [-0.2, -0.15) is 0 Å². The second-order valence-corrected chi connectivity index (χ2v) is 6.61. The summed E-state index contributed by atoms with van der Waals surface area (Å²) >= 11 is 0. The SMILES string of the molecule is CCCCCCCOc1cccc(NC(=O)c2ccc(OCCOC)cc2)c1. The Morgan fingerprint density at radius 3 is 2.36 bits per heavy atom. The third kappa shape index (κ3) is 8.01. The van der Waals surface area contributed by atoms with E-state index in [1.807, 2.05) is 24.3 Å². The molecule has 0 bridgehead atoms. The van der Waals surface area contributed by atoms with Crippen LogP contribution in [0.2, 0.25) is 0 Å². The molecular formula is C23H31NO4. The van der Waals surface area contributed by atoms with Crippen LogP contribution in [-0.4, -0.2) is 32.8 Å². The van der Waals surface area contributed by atoms with E-state index in [4.69, 9.17) is 14.2 Å². The van der Waals surface area contributed by atoms with Crippen molar-refractivity contribution in [2.45, 2.75) is 39.0 Å². The van der Waals surface area contributed by atoms with Crippen molar-refractivity contribution >= 4 is 11.6 Å². The van der Waals surface area contributed by atoms with E-state index in [1.54, 1.807) is 31.4 Å². The van der Waals surface area contributed by atoms with E-state index in [-0.39, 0.29) is 5.91 Å². The van der Waals surface area contributed by atoms with Crippen LogP contribution in [0.15, 0.2) is 48.5 Å². The molecule has 1 amide bonds. The summed E-state index contributed by atoms with van der Waals surface area (Å²) in [4.78, 5) is 12.4. The van der Waals surface area contributed by atoms with Crippen LogP contribution in [0.25, 0.3) is 0 Å². The fourth-order valence-electron chi connectivity index (χ4n) is 2.71. The van der Waals surface area contributed by atoms with Crippen molar-refractivity contribution < 1.29 is 19.0 Å². The highest BCUT2D eigenvalue weighted by molar-refractivity contribution is 6.04. The first-order chi connectivity index (χ1) is 13.7. The summed E-state index contributed by atoms with van der Waals surface area (Å²) in [6, 6.07) is 14.6. The maximum Gasteiger partial charge on any atom is 0.255 e. The average molecular weight is 386 g/mol. The summed E-state index contributed by atoms with van der Waals surface area (Å²) in [6.45, 7) is 3.92. The molecule has 5 heteroatoms. The van der Waals surface area contributed by atoms with Crippen LogP contribution < -0.4 is 14.8 Å². The highest BCUT2D eigenvalue weighted by Gasteiger charge is 2.07. The highest BCUT2D eigenvalue weighted by atomic mass is 16.5. The zero-order valence-corrected chi connectivity index (χ0v) is 16.9. The Bertz CT molecular complexity index is 700. The summed E-state index contributed by atoms with van der Waals surface area (Å²) in [6.07, 6.45) is 6.02. The van der Waals surface area contributed by atoms with Gasteiger partial charge < -0.3 is 19.5 Å². The van der Waals surface area contributed by atoms with Crippen molar-refractivity contribution in [3.63, 3.8) is 0 Å². The van der Waals surface area contributed by atoms with Gasteiger partial charge in [0.1, 0.15) is 18.1 Å². The first kappa shape index (κ1) is 21.8. The number of rotatable bonds is 13. The van der Waals surface area contributed by atoms with Crippen LogP contribution in [0, 0.1) is 0 Å². The molecular weight excluding hydrogens is 354 g/mol. The zero-order valence-electron chi connectivity index (χ0n) is 16.9. The number of amides is 1. The Balaban J connectivity index is 1.81. The smallest absolute Gasteiger partial charge is 0.255 e. The van der Waals surface area contributed by atoms with Crippen LogP contribution in [0.3, 0.4) is 0 Å². The van der Waals surface area contributed by atoms with Crippen molar-refractivity contribution in [1.29, 1.82) is 0 Å². The van der Waals surface area contributed by atoms with Crippen molar-refractivity contribution in [2.24, 2.45) is 0 Å². The summed E-state index contributed by atoms with van der Waals surface area (Å²) in [7, 11) is 1.63. The number of methoxy groups -OCH3 is 1. The van der Waals surface area contributed by atoms with E-state index >= 15 is 0 Å². The molecule has 0 aliphatic carbocycles. The quantitative estimate of drug-likeness (QED) is 0.475. The number of carbonyl (C=O) groups excluding carboxylic acids is 1. The van der Waals surface area contributed by atoms with E-state index in [0.29, 0.717) is 36.8 Å². The molecule has 0 aromatic heterocycles. The molecule has 2 aromatic carbocycles. The zero-order chi connectivity index (χ0) is 20.0.